The molecule has 0 heterocycles. The second-order valence-electron chi connectivity index (χ2n) is 4.26. The summed E-state index contributed by atoms with van der Waals surface area (Å²) >= 11 is 0. The highest BCUT2D eigenvalue weighted by atomic mass is 16.1. The van der Waals surface area contributed by atoms with Crippen molar-refractivity contribution in [3.05, 3.63) is 42.5 Å². The predicted molar refractivity (Wildman–Crippen MR) is 70.8 cm³/mol. The number of carbonyl (C=O) groups excluding carboxylic acids is 1. The lowest BCUT2D eigenvalue weighted by Gasteiger charge is -2.09. The van der Waals surface area contributed by atoms with E-state index in [2.05, 4.69) is 5.32 Å². The molecule has 1 atom stereocenters. The predicted octanol–water partition coefficient (Wildman–Crippen LogP) is 2.52. The number of hydrogen-bond donors (Lipinski definition) is 2. The molecule has 3 heteroatoms. The van der Waals surface area contributed by atoms with Crippen LogP contribution in [0, 0.1) is 0 Å². The molecule has 0 saturated heterocycles. The van der Waals surface area contributed by atoms with Crippen LogP contribution in [0.2, 0.25) is 0 Å². The highest BCUT2D eigenvalue weighted by molar-refractivity contribution is 6.02. The number of benzene rings is 2. The fourth-order valence-corrected chi connectivity index (χ4v) is 1.83. The minimum atomic E-state index is -0.120. The summed E-state index contributed by atoms with van der Waals surface area (Å²) in [6, 6.07) is 13.7. The average Bonchev–Trinajstić information content (AvgIpc) is 2.28. The maximum Gasteiger partial charge on any atom is 0.225 e. The first-order valence-electron chi connectivity index (χ1n) is 5.70. The summed E-state index contributed by atoms with van der Waals surface area (Å²) in [7, 11) is 0. The molecule has 0 aromatic heterocycles. The van der Waals surface area contributed by atoms with Crippen LogP contribution < -0.4 is 11.1 Å². The van der Waals surface area contributed by atoms with Crippen LogP contribution in [-0.2, 0) is 4.79 Å². The molecule has 88 valence electrons. The maximum atomic E-state index is 11.7. The van der Waals surface area contributed by atoms with Crippen LogP contribution in [0.3, 0.4) is 0 Å². The smallest absolute Gasteiger partial charge is 0.225 e. The van der Waals surface area contributed by atoms with Crippen LogP contribution in [0.5, 0.6) is 0 Å². The van der Waals surface area contributed by atoms with Gasteiger partial charge in [-0.1, -0.05) is 36.4 Å². The first-order valence-corrected chi connectivity index (χ1v) is 5.70. The monoisotopic (exact) mass is 228 g/mol. The molecule has 0 aliphatic rings. The number of nitrogens with one attached hydrogen (secondary N) is 1. The van der Waals surface area contributed by atoms with E-state index < -0.39 is 0 Å². The molecular weight excluding hydrogens is 212 g/mol. The van der Waals surface area contributed by atoms with Crippen molar-refractivity contribution in [3.63, 3.8) is 0 Å². The number of carbonyl (C=O) groups is 1. The molecule has 3 N–H and O–H groups in total. The number of rotatable bonds is 3. The van der Waals surface area contributed by atoms with Crippen LogP contribution >= 0.6 is 0 Å². The average molecular weight is 228 g/mol. The minimum Gasteiger partial charge on any atom is -0.327 e. The van der Waals surface area contributed by atoms with Crippen molar-refractivity contribution in [1.29, 1.82) is 0 Å². The van der Waals surface area contributed by atoms with Crippen LogP contribution in [0.25, 0.3) is 10.8 Å². The lowest BCUT2D eigenvalue weighted by molar-refractivity contribution is -0.116. The normalized spacial score (nSPS) is 12.4. The molecule has 17 heavy (non-hydrogen) atoms. The van der Waals surface area contributed by atoms with Crippen molar-refractivity contribution >= 4 is 22.4 Å². The lowest BCUT2D eigenvalue weighted by Crippen LogP contribution is -2.24. The Labute approximate surface area is 101 Å². The second kappa shape index (κ2) is 4.97. The fourth-order valence-electron chi connectivity index (χ4n) is 1.83. The van der Waals surface area contributed by atoms with E-state index in [0.717, 1.165) is 16.5 Å². The molecule has 2 aromatic rings. The van der Waals surface area contributed by atoms with Crippen LogP contribution in [0.4, 0.5) is 5.69 Å². The SMILES string of the molecule is C[C@H](N)CC(=O)Nc1cccc2ccccc12. The van der Waals surface area contributed by atoms with Crippen LogP contribution in [0.15, 0.2) is 42.5 Å². The summed E-state index contributed by atoms with van der Waals surface area (Å²) < 4.78 is 0. The van der Waals surface area contributed by atoms with E-state index in [1.54, 1.807) is 0 Å². The van der Waals surface area contributed by atoms with Crippen molar-refractivity contribution in [2.75, 3.05) is 5.32 Å². The maximum absolute atomic E-state index is 11.7. The molecule has 0 radical (unpaired) electrons. The summed E-state index contributed by atoms with van der Waals surface area (Å²) in [4.78, 5) is 11.7. The zero-order chi connectivity index (χ0) is 12.3. The molecule has 0 bridgehead atoms. The van der Waals surface area contributed by atoms with Gasteiger partial charge in [0, 0.05) is 23.5 Å². The fraction of sp³-hybridized carbons (Fsp3) is 0.214. The topological polar surface area (TPSA) is 55.1 Å². The van der Waals surface area contributed by atoms with E-state index in [1.807, 2.05) is 49.4 Å². The standard InChI is InChI=1S/C14H16N2O/c1-10(15)9-14(17)16-13-8-4-6-11-5-2-3-7-12(11)13/h2-8,10H,9,15H2,1H3,(H,16,17)/t10-/m0/s1. The summed E-state index contributed by atoms with van der Waals surface area (Å²) in [5.41, 5.74) is 6.44. The Hall–Kier alpha value is -1.87. The van der Waals surface area contributed by atoms with Crippen molar-refractivity contribution in [2.24, 2.45) is 5.73 Å². The van der Waals surface area contributed by atoms with Gasteiger partial charge in [-0.2, -0.15) is 0 Å². The first kappa shape index (κ1) is 11.6. The van der Waals surface area contributed by atoms with Gasteiger partial charge in [0.1, 0.15) is 0 Å². The molecule has 0 unspecified atom stereocenters. The van der Waals surface area contributed by atoms with E-state index in [4.69, 9.17) is 5.73 Å². The van der Waals surface area contributed by atoms with Gasteiger partial charge >= 0.3 is 0 Å². The second-order valence-corrected chi connectivity index (χ2v) is 4.26. The van der Waals surface area contributed by atoms with Gasteiger partial charge in [-0.3, -0.25) is 4.79 Å². The number of anilines is 1. The van der Waals surface area contributed by atoms with Crippen LogP contribution in [-0.4, -0.2) is 11.9 Å². The van der Waals surface area contributed by atoms with Gasteiger partial charge in [-0.15, -0.1) is 0 Å². The van der Waals surface area contributed by atoms with Crippen molar-refractivity contribution in [1.82, 2.24) is 0 Å². The largest absolute Gasteiger partial charge is 0.327 e. The van der Waals surface area contributed by atoms with Gasteiger partial charge in [-0.25, -0.2) is 0 Å². The van der Waals surface area contributed by atoms with Crippen molar-refractivity contribution < 1.29 is 4.79 Å². The van der Waals surface area contributed by atoms with Gasteiger partial charge in [0.05, 0.1) is 0 Å². The Morgan fingerprint density at radius 2 is 1.94 bits per heavy atom. The Bertz CT molecular complexity index is 529. The highest BCUT2D eigenvalue weighted by Crippen LogP contribution is 2.22. The van der Waals surface area contributed by atoms with E-state index in [0.29, 0.717) is 6.42 Å². The van der Waals surface area contributed by atoms with Crippen molar-refractivity contribution in [3.8, 4) is 0 Å². The molecule has 0 aliphatic heterocycles. The summed E-state index contributed by atoms with van der Waals surface area (Å²) in [5.74, 6) is -0.0450. The van der Waals surface area contributed by atoms with Gasteiger partial charge in [0.25, 0.3) is 0 Å². The van der Waals surface area contributed by atoms with Gasteiger partial charge < -0.3 is 11.1 Å². The molecule has 2 rings (SSSR count). The summed E-state index contributed by atoms with van der Waals surface area (Å²) in [6.07, 6.45) is 0.337. The molecular formula is C14H16N2O. The molecule has 1 amide bonds. The van der Waals surface area contributed by atoms with Gasteiger partial charge in [0.2, 0.25) is 5.91 Å². The van der Waals surface area contributed by atoms with E-state index >= 15 is 0 Å². The molecule has 0 saturated carbocycles. The van der Waals surface area contributed by atoms with E-state index in [-0.39, 0.29) is 11.9 Å². The van der Waals surface area contributed by atoms with Crippen LogP contribution in [0.1, 0.15) is 13.3 Å². The summed E-state index contributed by atoms with van der Waals surface area (Å²) in [6.45, 7) is 1.82. The number of nitrogens with two attached hydrogens (primary N) is 1. The third-order valence-electron chi connectivity index (χ3n) is 2.57. The minimum absolute atomic E-state index is 0.0450. The first-order chi connectivity index (χ1) is 8.16. The lowest BCUT2D eigenvalue weighted by atomic mass is 10.1. The molecule has 0 aliphatic carbocycles. The molecule has 3 nitrogen and oxygen atoms in total. The molecule has 0 spiro atoms. The Balaban J connectivity index is 2.27. The highest BCUT2D eigenvalue weighted by Gasteiger charge is 2.07. The number of amides is 1. The third-order valence-corrected chi connectivity index (χ3v) is 2.57. The Kier molecular flexibility index (Phi) is 3.40. The third kappa shape index (κ3) is 2.82. The Morgan fingerprint density at radius 3 is 2.71 bits per heavy atom. The summed E-state index contributed by atoms with van der Waals surface area (Å²) in [5, 5.41) is 5.06. The van der Waals surface area contributed by atoms with E-state index in [1.165, 1.54) is 0 Å². The zero-order valence-electron chi connectivity index (χ0n) is 9.81. The molecule has 2 aromatic carbocycles. The van der Waals surface area contributed by atoms with Crippen molar-refractivity contribution in [2.45, 2.75) is 19.4 Å². The van der Waals surface area contributed by atoms with Gasteiger partial charge in [-0.05, 0) is 18.4 Å². The van der Waals surface area contributed by atoms with Gasteiger partial charge in [0.15, 0.2) is 0 Å². The van der Waals surface area contributed by atoms with E-state index in [9.17, 15) is 4.79 Å². The number of fused-ring (bicyclic) bond motifs is 1. The quantitative estimate of drug-likeness (QED) is 0.848. The number of hydrogen-bond acceptors (Lipinski definition) is 2. The Morgan fingerprint density at radius 1 is 1.24 bits per heavy atom. The zero-order valence-corrected chi connectivity index (χ0v) is 9.81. The molecule has 0 fully saturated rings.